The molecule has 1 amide bonds. The molecule has 1 aliphatic carbocycles. The van der Waals surface area contributed by atoms with Gasteiger partial charge in [0, 0.05) is 6.04 Å². The molecule has 7 heteroatoms. The zero-order valence-electron chi connectivity index (χ0n) is 11.8. The maximum absolute atomic E-state index is 12.1. The molecule has 6 nitrogen and oxygen atoms in total. The molecular weight excluding hydrogens is 276 g/mol. The van der Waals surface area contributed by atoms with Crippen molar-refractivity contribution in [2.45, 2.75) is 52.0 Å². The summed E-state index contributed by atoms with van der Waals surface area (Å²) in [4.78, 5) is 12.1. The topological polar surface area (TPSA) is 79.2 Å². The van der Waals surface area contributed by atoms with Gasteiger partial charge in [0.1, 0.15) is 11.3 Å². The average Bonchev–Trinajstić information content (AvgIpc) is 3.05. The van der Waals surface area contributed by atoms with Gasteiger partial charge < -0.3 is 9.84 Å². The van der Waals surface area contributed by atoms with E-state index in [0.717, 1.165) is 12.8 Å². The first-order valence-corrected chi connectivity index (χ1v) is 7.34. The molecule has 1 aromatic rings. The predicted molar refractivity (Wildman–Crippen MR) is 79.2 cm³/mol. The van der Waals surface area contributed by atoms with E-state index in [1.54, 1.807) is 6.92 Å². The Hall–Kier alpha value is -1.63. The number of nitrogens with one attached hydrogen (secondary N) is 3. The van der Waals surface area contributed by atoms with Gasteiger partial charge >= 0.3 is 0 Å². The monoisotopic (exact) mass is 296 g/mol. The molecule has 0 atom stereocenters. The molecule has 1 heterocycles. The molecule has 2 rings (SSSR count). The lowest BCUT2D eigenvalue weighted by molar-refractivity contribution is 0.0941. The number of nitrogens with zero attached hydrogens (tertiary/aromatic N) is 1. The number of thiocarbonyl (C=S) groups is 1. The summed E-state index contributed by atoms with van der Waals surface area (Å²) in [5.74, 6) is 0.229. The standard InChI is InChI=1S/C13H20N4O2S/c1-3-10-11(8(2)19-17-10)12(18)15-16-13(20)14-9-6-4-5-7-9/h9H,3-7H2,1-2H3,(H,15,18)(H2,14,16,20). The Balaban J connectivity index is 1.85. The molecule has 0 aromatic carbocycles. The second-order valence-corrected chi connectivity index (χ2v) is 5.36. The fourth-order valence-corrected chi connectivity index (χ4v) is 2.64. The highest BCUT2D eigenvalue weighted by molar-refractivity contribution is 7.80. The van der Waals surface area contributed by atoms with Gasteiger partial charge in [-0.25, -0.2) is 0 Å². The second-order valence-electron chi connectivity index (χ2n) is 4.95. The summed E-state index contributed by atoms with van der Waals surface area (Å²) in [7, 11) is 0. The fraction of sp³-hybridized carbons (Fsp3) is 0.615. The summed E-state index contributed by atoms with van der Waals surface area (Å²) in [6.07, 6.45) is 5.35. The molecule has 1 fully saturated rings. The van der Waals surface area contributed by atoms with Crippen LogP contribution in [-0.4, -0.2) is 22.2 Å². The largest absolute Gasteiger partial charge is 0.361 e. The van der Waals surface area contributed by atoms with Crippen LogP contribution in [0.5, 0.6) is 0 Å². The van der Waals surface area contributed by atoms with Crippen molar-refractivity contribution in [3.05, 3.63) is 17.0 Å². The Kier molecular flexibility index (Phi) is 4.94. The number of hydrogen-bond acceptors (Lipinski definition) is 4. The third-order valence-electron chi connectivity index (χ3n) is 3.48. The molecule has 1 aliphatic rings. The van der Waals surface area contributed by atoms with Crippen LogP contribution in [0.1, 0.15) is 54.4 Å². The van der Waals surface area contributed by atoms with Crippen LogP contribution >= 0.6 is 12.2 Å². The normalized spacial score (nSPS) is 15.1. The van der Waals surface area contributed by atoms with Crippen molar-refractivity contribution in [1.82, 2.24) is 21.3 Å². The summed E-state index contributed by atoms with van der Waals surface area (Å²) in [6.45, 7) is 3.64. The van der Waals surface area contributed by atoms with Crippen molar-refractivity contribution in [2.75, 3.05) is 0 Å². The number of hydrazine groups is 1. The van der Waals surface area contributed by atoms with Gasteiger partial charge in [0.2, 0.25) is 0 Å². The van der Waals surface area contributed by atoms with Gasteiger partial charge in [0.05, 0.1) is 5.69 Å². The number of carbonyl (C=O) groups is 1. The quantitative estimate of drug-likeness (QED) is 0.581. The highest BCUT2D eigenvalue weighted by atomic mass is 32.1. The number of carbonyl (C=O) groups excluding carboxylic acids is 1. The third kappa shape index (κ3) is 3.47. The van der Waals surface area contributed by atoms with Gasteiger partial charge in [-0.3, -0.25) is 15.6 Å². The Labute approximate surface area is 123 Å². The molecule has 0 unspecified atom stereocenters. The van der Waals surface area contributed by atoms with Crippen LogP contribution in [0.25, 0.3) is 0 Å². The van der Waals surface area contributed by atoms with E-state index >= 15 is 0 Å². The molecule has 20 heavy (non-hydrogen) atoms. The zero-order chi connectivity index (χ0) is 14.5. The minimum atomic E-state index is -0.281. The SMILES string of the molecule is CCc1noc(C)c1C(=O)NNC(=S)NC1CCCC1. The molecule has 1 saturated carbocycles. The van der Waals surface area contributed by atoms with Gasteiger partial charge in [0.25, 0.3) is 5.91 Å². The maximum Gasteiger partial charge on any atom is 0.275 e. The Morgan fingerprint density at radius 2 is 2.10 bits per heavy atom. The van der Waals surface area contributed by atoms with E-state index in [9.17, 15) is 4.79 Å². The lowest BCUT2D eigenvalue weighted by Crippen LogP contribution is -2.49. The van der Waals surface area contributed by atoms with Crippen LogP contribution < -0.4 is 16.2 Å². The zero-order valence-corrected chi connectivity index (χ0v) is 12.6. The van der Waals surface area contributed by atoms with Gasteiger partial charge in [-0.1, -0.05) is 24.9 Å². The Bertz CT molecular complexity index is 495. The minimum absolute atomic E-state index is 0.281. The molecule has 0 saturated heterocycles. The molecule has 0 radical (unpaired) electrons. The van der Waals surface area contributed by atoms with Crippen LogP contribution in [0, 0.1) is 6.92 Å². The van der Waals surface area contributed by atoms with Gasteiger partial charge in [-0.05, 0) is 38.4 Å². The lowest BCUT2D eigenvalue weighted by Gasteiger charge is -2.16. The summed E-state index contributed by atoms with van der Waals surface area (Å²) >= 11 is 5.16. The van der Waals surface area contributed by atoms with E-state index in [4.69, 9.17) is 16.7 Å². The van der Waals surface area contributed by atoms with Crippen LogP contribution in [0.15, 0.2) is 4.52 Å². The van der Waals surface area contributed by atoms with E-state index in [2.05, 4.69) is 21.3 Å². The van der Waals surface area contributed by atoms with E-state index in [0.29, 0.717) is 34.6 Å². The van der Waals surface area contributed by atoms with Crippen LogP contribution in [0.2, 0.25) is 0 Å². The molecule has 0 bridgehead atoms. The first-order chi connectivity index (χ1) is 9.61. The fourth-order valence-electron chi connectivity index (χ4n) is 2.42. The van der Waals surface area contributed by atoms with Crippen LogP contribution in [0.3, 0.4) is 0 Å². The minimum Gasteiger partial charge on any atom is -0.361 e. The first kappa shape index (κ1) is 14.8. The molecule has 1 aromatic heterocycles. The van der Waals surface area contributed by atoms with Crippen molar-refractivity contribution in [3.8, 4) is 0 Å². The van der Waals surface area contributed by atoms with E-state index in [1.807, 2.05) is 6.92 Å². The summed E-state index contributed by atoms with van der Waals surface area (Å²) in [5.41, 5.74) is 6.43. The number of aromatic nitrogens is 1. The maximum atomic E-state index is 12.1. The van der Waals surface area contributed by atoms with Gasteiger partial charge in [0.15, 0.2) is 5.11 Å². The molecule has 0 spiro atoms. The molecular formula is C13H20N4O2S. The smallest absolute Gasteiger partial charge is 0.275 e. The van der Waals surface area contributed by atoms with Crippen molar-refractivity contribution >= 4 is 23.2 Å². The predicted octanol–water partition coefficient (Wildman–Crippen LogP) is 1.60. The number of hydrogen-bond donors (Lipinski definition) is 3. The number of rotatable bonds is 3. The Morgan fingerprint density at radius 1 is 1.40 bits per heavy atom. The number of aryl methyl sites for hydroxylation is 2. The van der Waals surface area contributed by atoms with E-state index < -0.39 is 0 Å². The number of amides is 1. The van der Waals surface area contributed by atoms with Gasteiger partial charge in [-0.2, -0.15) is 0 Å². The van der Waals surface area contributed by atoms with Crippen LogP contribution in [0.4, 0.5) is 0 Å². The van der Waals surface area contributed by atoms with Crippen molar-refractivity contribution in [2.24, 2.45) is 0 Å². The highest BCUT2D eigenvalue weighted by Crippen LogP contribution is 2.17. The summed E-state index contributed by atoms with van der Waals surface area (Å²) in [5, 5.41) is 7.48. The molecule has 0 aliphatic heterocycles. The van der Waals surface area contributed by atoms with Gasteiger partial charge in [-0.15, -0.1) is 0 Å². The van der Waals surface area contributed by atoms with Crippen molar-refractivity contribution in [3.63, 3.8) is 0 Å². The summed E-state index contributed by atoms with van der Waals surface area (Å²) in [6, 6.07) is 0.412. The summed E-state index contributed by atoms with van der Waals surface area (Å²) < 4.78 is 5.04. The van der Waals surface area contributed by atoms with E-state index in [-0.39, 0.29) is 5.91 Å². The first-order valence-electron chi connectivity index (χ1n) is 6.93. The van der Waals surface area contributed by atoms with Crippen molar-refractivity contribution < 1.29 is 9.32 Å². The lowest BCUT2D eigenvalue weighted by atomic mass is 10.1. The van der Waals surface area contributed by atoms with Crippen LogP contribution in [-0.2, 0) is 6.42 Å². The van der Waals surface area contributed by atoms with E-state index in [1.165, 1.54) is 12.8 Å². The molecule has 3 N–H and O–H groups in total. The molecule has 110 valence electrons. The van der Waals surface area contributed by atoms with Crippen molar-refractivity contribution in [1.29, 1.82) is 0 Å². The second kappa shape index (κ2) is 6.69. The highest BCUT2D eigenvalue weighted by Gasteiger charge is 2.20. The third-order valence-corrected chi connectivity index (χ3v) is 3.70. The average molecular weight is 296 g/mol. The Morgan fingerprint density at radius 3 is 2.75 bits per heavy atom.